The maximum absolute atomic E-state index is 12.4. The van der Waals surface area contributed by atoms with E-state index < -0.39 is 47.7 Å². The van der Waals surface area contributed by atoms with E-state index in [0.29, 0.717) is 11.1 Å². The predicted molar refractivity (Wildman–Crippen MR) is 109 cm³/mol. The summed E-state index contributed by atoms with van der Waals surface area (Å²) in [7, 11) is 0. The third kappa shape index (κ3) is 6.53. The predicted octanol–water partition coefficient (Wildman–Crippen LogP) is 2.97. The first-order valence-corrected chi connectivity index (χ1v) is 9.30. The molecule has 0 saturated carbocycles. The van der Waals surface area contributed by atoms with E-state index >= 15 is 0 Å². The molecule has 0 atom stereocenters. The van der Waals surface area contributed by atoms with Crippen LogP contribution in [-0.4, -0.2) is 34.1 Å². The third-order valence-corrected chi connectivity index (χ3v) is 4.62. The molecule has 0 aromatic heterocycles. The number of aliphatic carboxylic acids is 2. The molecule has 31 heavy (non-hydrogen) atoms. The molecule has 2 aromatic rings. The Bertz CT molecular complexity index is 893. The molecular formula is C23H22O8. The molecule has 2 N–H and O–H groups in total. The summed E-state index contributed by atoms with van der Waals surface area (Å²) in [4.78, 5) is 48.3. The lowest BCUT2D eigenvalue weighted by atomic mass is 9.75. The highest BCUT2D eigenvalue weighted by molar-refractivity contribution is 6.00. The summed E-state index contributed by atoms with van der Waals surface area (Å²) < 4.78 is 10.2. The van der Waals surface area contributed by atoms with Crippen LogP contribution in [0.25, 0.3) is 0 Å². The number of hydrogen-bond donors (Lipinski definition) is 2. The molecule has 0 aliphatic carbocycles. The minimum Gasteiger partial charge on any atom is -0.481 e. The van der Waals surface area contributed by atoms with Gasteiger partial charge in [0, 0.05) is 5.57 Å². The van der Waals surface area contributed by atoms with Gasteiger partial charge in [0.05, 0.1) is 12.8 Å². The molecule has 0 bridgehead atoms. The largest absolute Gasteiger partial charge is 0.481 e. The van der Waals surface area contributed by atoms with Crippen molar-refractivity contribution in [1.82, 2.24) is 0 Å². The number of esters is 2. The lowest BCUT2D eigenvalue weighted by Crippen LogP contribution is -2.40. The van der Waals surface area contributed by atoms with Gasteiger partial charge in [-0.05, 0) is 11.1 Å². The van der Waals surface area contributed by atoms with E-state index in [1.54, 1.807) is 60.7 Å². The summed E-state index contributed by atoms with van der Waals surface area (Å²) in [6.45, 7) is 3.03. The Kier molecular flexibility index (Phi) is 8.08. The topological polar surface area (TPSA) is 127 Å². The van der Waals surface area contributed by atoms with Gasteiger partial charge < -0.3 is 19.7 Å². The van der Waals surface area contributed by atoms with Crippen molar-refractivity contribution < 1.29 is 38.9 Å². The summed E-state index contributed by atoms with van der Waals surface area (Å²) in [5.74, 6) is -5.30. The van der Waals surface area contributed by atoms with Crippen molar-refractivity contribution in [2.45, 2.75) is 26.1 Å². The Morgan fingerprint density at radius 3 is 1.45 bits per heavy atom. The average molecular weight is 426 g/mol. The fourth-order valence-corrected chi connectivity index (χ4v) is 2.83. The van der Waals surface area contributed by atoms with Crippen LogP contribution >= 0.6 is 0 Å². The summed E-state index contributed by atoms with van der Waals surface area (Å²) in [6.07, 6.45) is -1.78. The van der Waals surface area contributed by atoms with Crippen molar-refractivity contribution in [3.05, 3.63) is 83.9 Å². The zero-order valence-corrected chi connectivity index (χ0v) is 16.7. The monoisotopic (exact) mass is 426 g/mol. The fourth-order valence-electron chi connectivity index (χ4n) is 2.83. The van der Waals surface area contributed by atoms with Crippen LogP contribution in [0.3, 0.4) is 0 Å². The van der Waals surface area contributed by atoms with E-state index in [0.717, 1.165) is 0 Å². The normalized spacial score (nSPS) is 10.7. The van der Waals surface area contributed by atoms with Crippen LogP contribution in [0.15, 0.2) is 72.8 Å². The molecule has 2 rings (SSSR count). The molecule has 0 aliphatic rings. The van der Waals surface area contributed by atoms with Crippen molar-refractivity contribution in [3.8, 4) is 0 Å². The van der Waals surface area contributed by atoms with Crippen molar-refractivity contribution in [2.75, 3.05) is 0 Å². The van der Waals surface area contributed by atoms with Gasteiger partial charge in [-0.1, -0.05) is 67.2 Å². The van der Waals surface area contributed by atoms with Crippen LogP contribution in [-0.2, 0) is 41.9 Å². The molecule has 0 saturated heterocycles. The molecule has 0 aliphatic heterocycles. The first kappa shape index (κ1) is 23.3. The Morgan fingerprint density at radius 2 is 1.13 bits per heavy atom. The number of carboxylic acids is 2. The van der Waals surface area contributed by atoms with Gasteiger partial charge in [0.15, 0.2) is 0 Å². The van der Waals surface area contributed by atoms with E-state index in [4.69, 9.17) is 9.47 Å². The number of ether oxygens (including phenoxy) is 2. The summed E-state index contributed by atoms with van der Waals surface area (Å²) in [6, 6.07) is 17.3. The van der Waals surface area contributed by atoms with Crippen molar-refractivity contribution in [1.29, 1.82) is 0 Å². The fraction of sp³-hybridized carbons (Fsp3) is 0.217. The lowest BCUT2D eigenvalue weighted by molar-refractivity contribution is -0.163. The molecule has 8 nitrogen and oxygen atoms in total. The van der Waals surface area contributed by atoms with E-state index in [2.05, 4.69) is 6.58 Å². The minimum absolute atomic E-state index is 0.132. The zero-order chi connectivity index (χ0) is 22.9. The van der Waals surface area contributed by atoms with Gasteiger partial charge in [-0.25, -0.2) is 4.79 Å². The van der Waals surface area contributed by atoms with Crippen molar-refractivity contribution in [2.24, 2.45) is 5.41 Å². The van der Waals surface area contributed by atoms with Crippen LogP contribution in [0.4, 0.5) is 0 Å². The van der Waals surface area contributed by atoms with Gasteiger partial charge in [0.25, 0.3) is 0 Å². The van der Waals surface area contributed by atoms with Gasteiger partial charge in [-0.2, -0.15) is 0 Å². The van der Waals surface area contributed by atoms with Crippen LogP contribution in [0.5, 0.6) is 0 Å². The van der Waals surface area contributed by atoms with Crippen LogP contribution in [0.2, 0.25) is 0 Å². The van der Waals surface area contributed by atoms with E-state index in [1.165, 1.54) is 0 Å². The van der Waals surface area contributed by atoms with Crippen molar-refractivity contribution >= 4 is 23.9 Å². The van der Waals surface area contributed by atoms with Gasteiger partial charge in [-0.15, -0.1) is 0 Å². The Balaban J connectivity index is 2.14. The summed E-state index contributed by atoms with van der Waals surface area (Å²) >= 11 is 0. The van der Waals surface area contributed by atoms with Crippen LogP contribution < -0.4 is 0 Å². The first-order chi connectivity index (χ1) is 14.7. The van der Waals surface area contributed by atoms with Crippen LogP contribution in [0, 0.1) is 5.41 Å². The molecule has 0 fully saturated rings. The van der Waals surface area contributed by atoms with Crippen LogP contribution in [0.1, 0.15) is 24.0 Å². The SMILES string of the molecule is C=C(C(=O)O)C(CC(=O)OCc1ccccc1)(CC(=O)OCc1ccccc1)C(=O)O. The smallest absolute Gasteiger partial charge is 0.332 e. The van der Waals surface area contributed by atoms with Crippen molar-refractivity contribution in [3.63, 3.8) is 0 Å². The minimum atomic E-state index is -2.41. The molecule has 0 unspecified atom stereocenters. The second kappa shape index (κ2) is 10.7. The van der Waals surface area contributed by atoms with Gasteiger partial charge in [0.1, 0.15) is 18.6 Å². The Morgan fingerprint density at radius 1 is 0.742 bits per heavy atom. The molecule has 0 amide bonds. The highest BCUT2D eigenvalue weighted by atomic mass is 16.5. The number of carboxylic acid groups (broad SMARTS) is 2. The second-order valence-corrected chi connectivity index (χ2v) is 6.82. The molecule has 2 aromatic carbocycles. The highest BCUT2D eigenvalue weighted by Crippen LogP contribution is 2.36. The molecule has 0 heterocycles. The average Bonchev–Trinajstić information content (AvgIpc) is 2.76. The molecular weight excluding hydrogens is 404 g/mol. The Labute approximate surface area is 178 Å². The quantitative estimate of drug-likeness (QED) is 0.415. The standard InChI is InChI=1S/C23H22O8/c1-16(21(26)27)23(22(28)29,12-19(24)30-14-17-8-4-2-5-9-17)13-20(25)31-15-18-10-6-3-7-11-18/h2-11H,1,12-15H2,(H,26,27)(H,28,29). The maximum atomic E-state index is 12.4. The molecule has 0 spiro atoms. The number of benzene rings is 2. The molecule has 162 valence electrons. The third-order valence-electron chi connectivity index (χ3n) is 4.62. The zero-order valence-electron chi connectivity index (χ0n) is 16.7. The molecule has 8 heteroatoms. The lowest BCUT2D eigenvalue weighted by Gasteiger charge is -2.27. The highest BCUT2D eigenvalue weighted by Gasteiger charge is 2.49. The number of carbonyl (C=O) groups is 4. The van der Waals surface area contributed by atoms with E-state index in [9.17, 15) is 29.4 Å². The summed E-state index contributed by atoms with van der Waals surface area (Å²) in [5, 5.41) is 19.1. The second-order valence-electron chi connectivity index (χ2n) is 6.82. The van der Waals surface area contributed by atoms with Gasteiger partial charge >= 0.3 is 23.9 Å². The first-order valence-electron chi connectivity index (χ1n) is 9.30. The van der Waals surface area contributed by atoms with E-state index in [1.807, 2.05) is 0 Å². The maximum Gasteiger partial charge on any atom is 0.332 e. The number of carbonyl (C=O) groups excluding carboxylic acids is 2. The number of hydrogen-bond acceptors (Lipinski definition) is 6. The van der Waals surface area contributed by atoms with Gasteiger partial charge in [0.2, 0.25) is 0 Å². The van der Waals surface area contributed by atoms with E-state index in [-0.39, 0.29) is 13.2 Å². The van der Waals surface area contributed by atoms with Gasteiger partial charge in [-0.3, -0.25) is 14.4 Å². The molecule has 0 radical (unpaired) electrons. The Hall–Kier alpha value is -3.94. The number of rotatable bonds is 11. The summed E-state index contributed by atoms with van der Waals surface area (Å²) in [5.41, 5.74) is -1.89.